The number of benzene rings is 3. The van der Waals surface area contributed by atoms with Gasteiger partial charge in [0.15, 0.2) is 18.1 Å². The second-order valence-electron chi connectivity index (χ2n) is 6.46. The molecular formula is C21H16N2O8S. The molecule has 0 aliphatic carbocycles. The van der Waals surface area contributed by atoms with Gasteiger partial charge in [0.2, 0.25) is 0 Å². The first-order valence-electron chi connectivity index (χ1n) is 9.03. The van der Waals surface area contributed by atoms with Crippen LogP contribution in [0.25, 0.3) is 0 Å². The van der Waals surface area contributed by atoms with Crippen molar-refractivity contribution in [2.45, 2.75) is 4.90 Å². The Labute approximate surface area is 182 Å². The number of aromatic hydroxyl groups is 1. The number of esters is 1. The molecule has 0 unspecified atom stereocenters. The first kappa shape index (κ1) is 22.4. The third kappa shape index (κ3) is 5.26. The highest BCUT2D eigenvalue weighted by Crippen LogP contribution is 2.29. The van der Waals surface area contributed by atoms with Gasteiger partial charge in [0.1, 0.15) is 0 Å². The molecule has 3 rings (SSSR count). The summed E-state index contributed by atoms with van der Waals surface area (Å²) in [6, 6.07) is 16.1. The van der Waals surface area contributed by atoms with Gasteiger partial charge in [0.25, 0.3) is 10.0 Å². The van der Waals surface area contributed by atoms with Crippen LogP contribution in [0.1, 0.15) is 20.7 Å². The Kier molecular flexibility index (Phi) is 6.50. The number of rotatable bonds is 8. The number of ketones is 1. The van der Waals surface area contributed by atoms with Crippen LogP contribution in [0.5, 0.6) is 5.75 Å². The number of hydrogen-bond acceptors (Lipinski definition) is 8. The minimum atomic E-state index is -4.20. The maximum Gasteiger partial charge on any atom is 0.338 e. The Morgan fingerprint density at radius 3 is 2.25 bits per heavy atom. The fraction of sp³-hybridized carbons (Fsp3) is 0.0476. The number of anilines is 1. The summed E-state index contributed by atoms with van der Waals surface area (Å²) in [6.45, 7) is -0.448. The van der Waals surface area contributed by atoms with E-state index in [4.69, 9.17) is 4.74 Å². The van der Waals surface area contributed by atoms with E-state index in [1.807, 2.05) is 0 Å². The predicted molar refractivity (Wildman–Crippen MR) is 113 cm³/mol. The summed E-state index contributed by atoms with van der Waals surface area (Å²) in [6.07, 6.45) is 0. The van der Waals surface area contributed by atoms with Crippen molar-refractivity contribution in [3.63, 3.8) is 0 Å². The average Bonchev–Trinajstić information content (AvgIpc) is 2.78. The number of carbonyl (C=O) groups excluding carboxylic acids is 2. The Hall–Kier alpha value is -4.25. The summed E-state index contributed by atoms with van der Waals surface area (Å²) < 4.78 is 32.2. The normalized spacial score (nSPS) is 10.9. The zero-order valence-electron chi connectivity index (χ0n) is 16.3. The van der Waals surface area contributed by atoms with E-state index in [0.717, 1.165) is 18.2 Å². The summed E-state index contributed by atoms with van der Waals surface area (Å²) in [5, 5.41) is 20.4. The quantitative estimate of drug-likeness (QED) is 0.227. The van der Waals surface area contributed by atoms with Crippen LogP contribution >= 0.6 is 0 Å². The highest BCUT2D eigenvalue weighted by Gasteiger charge is 2.21. The van der Waals surface area contributed by atoms with Gasteiger partial charge in [0.05, 0.1) is 15.4 Å². The highest BCUT2D eigenvalue weighted by molar-refractivity contribution is 7.92. The highest BCUT2D eigenvalue weighted by atomic mass is 32.2. The molecule has 3 aromatic carbocycles. The van der Waals surface area contributed by atoms with Crippen molar-refractivity contribution in [1.82, 2.24) is 0 Å². The van der Waals surface area contributed by atoms with E-state index in [0.29, 0.717) is 5.56 Å². The monoisotopic (exact) mass is 456 g/mol. The molecule has 0 aromatic heterocycles. The molecule has 0 bridgehead atoms. The van der Waals surface area contributed by atoms with Crippen LogP contribution in [0.15, 0.2) is 77.7 Å². The summed E-state index contributed by atoms with van der Waals surface area (Å²) in [7, 11) is -4.20. The molecule has 0 amide bonds. The van der Waals surface area contributed by atoms with Crippen LogP contribution in [0, 0.1) is 10.1 Å². The van der Waals surface area contributed by atoms with Gasteiger partial charge in [-0.1, -0.05) is 30.3 Å². The average molecular weight is 456 g/mol. The smallest absolute Gasteiger partial charge is 0.338 e. The molecule has 0 radical (unpaired) electrons. The van der Waals surface area contributed by atoms with Gasteiger partial charge >= 0.3 is 11.7 Å². The Morgan fingerprint density at radius 2 is 1.62 bits per heavy atom. The van der Waals surface area contributed by atoms with Crippen molar-refractivity contribution < 1.29 is 32.8 Å². The van der Waals surface area contributed by atoms with Crippen molar-refractivity contribution in [3.8, 4) is 5.75 Å². The minimum absolute atomic E-state index is 0.0811. The Bertz CT molecular complexity index is 1270. The first-order chi connectivity index (χ1) is 15.2. The molecule has 10 nitrogen and oxygen atoms in total. The minimum Gasteiger partial charge on any atom is -0.502 e. The van der Waals surface area contributed by atoms with Gasteiger partial charge in [-0.25, -0.2) is 13.2 Å². The van der Waals surface area contributed by atoms with E-state index in [1.54, 1.807) is 30.3 Å². The number of hydrogen-bond donors (Lipinski definition) is 2. The van der Waals surface area contributed by atoms with Gasteiger partial charge in [-0.3, -0.25) is 19.6 Å². The molecule has 2 N–H and O–H groups in total. The molecular weight excluding hydrogens is 440 g/mol. The van der Waals surface area contributed by atoms with Crippen molar-refractivity contribution in [2.24, 2.45) is 0 Å². The predicted octanol–water partition coefficient (Wildman–Crippen LogP) is 3.14. The molecule has 164 valence electrons. The summed E-state index contributed by atoms with van der Waals surface area (Å²) in [5.74, 6) is -1.80. The number of sulfonamides is 1. The molecule has 0 heterocycles. The fourth-order valence-corrected chi connectivity index (χ4v) is 3.71. The lowest BCUT2D eigenvalue weighted by atomic mass is 10.1. The van der Waals surface area contributed by atoms with E-state index >= 15 is 0 Å². The summed E-state index contributed by atoms with van der Waals surface area (Å²) in [5.41, 5.74) is -0.178. The van der Waals surface area contributed by atoms with E-state index in [1.165, 1.54) is 24.3 Å². The van der Waals surface area contributed by atoms with Crippen LogP contribution < -0.4 is 4.72 Å². The first-order valence-corrected chi connectivity index (χ1v) is 10.5. The van der Waals surface area contributed by atoms with Gasteiger partial charge in [0, 0.05) is 17.3 Å². The number of nitro groups is 1. The number of nitrogens with one attached hydrogen (secondary N) is 1. The van der Waals surface area contributed by atoms with E-state index < -0.39 is 43.9 Å². The molecule has 0 aliphatic heterocycles. The number of phenolic OH excluding ortho intramolecular Hbond substituents is 1. The molecule has 0 aliphatic rings. The number of Topliss-reactive ketones (excluding diaryl/α,β-unsaturated/α-hetero) is 1. The molecule has 0 saturated carbocycles. The third-order valence-corrected chi connectivity index (χ3v) is 5.64. The lowest BCUT2D eigenvalue weighted by Crippen LogP contribution is -2.15. The zero-order valence-corrected chi connectivity index (χ0v) is 17.1. The van der Waals surface area contributed by atoms with Crippen molar-refractivity contribution in [1.29, 1.82) is 0 Å². The molecule has 0 saturated heterocycles. The maximum absolute atomic E-state index is 12.5. The van der Waals surface area contributed by atoms with Crippen molar-refractivity contribution >= 4 is 33.2 Å². The Balaban J connectivity index is 1.66. The number of carbonyl (C=O) groups is 2. The van der Waals surface area contributed by atoms with Gasteiger partial charge in [-0.05, 0) is 36.4 Å². The van der Waals surface area contributed by atoms with Gasteiger partial charge in [-0.15, -0.1) is 0 Å². The SMILES string of the molecule is O=C(COC(=O)c1ccc(NS(=O)(=O)c2ccc(O)c([N+](=O)[O-])c2)cc1)c1ccccc1. The molecule has 3 aromatic rings. The molecule has 0 spiro atoms. The van der Waals surface area contributed by atoms with Gasteiger partial charge < -0.3 is 9.84 Å². The second kappa shape index (κ2) is 9.27. The standard InChI is InChI=1S/C21H16N2O8S/c24-19-11-10-17(12-18(19)23(27)28)32(29,30)22-16-8-6-15(7-9-16)21(26)31-13-20(25)14-4-2-1-3-5-14/h1-12,22,24H,13H2. The second-order valence-corrected chi connectivity index (χ2v) is 8.14. The van der Waals surface area contributed by atoms with E-state index in [9.17, 15) is 33.2 Å². The lowest BCUT2D eigenvalue weighted by molar-refractivity contribution is -0.386. The molecule has 32 heavy (non-hydrogen) atoms. The topological polar surface area (TPSA) is 153 Å². The number of ether oxygens (including phenoxy) is 1. The maximum atomic E-state index is 12.5. The van der Waals surface area contributed by atoms with E-state index in [-0.39, 0.29) is 17.0 Å². The van der Waals surface area contributed by atoms with Gasteiger partial charge in [-0.2, -0.15) is 0 Å². The molecule has 0 fully saturated rings. The lowest BCUT2D eigenvalue weighted by Gasteiger charge is -2.09. The third-order valence-electron chi connectivity index (χ3n) is 4.26. The zero-order chi connectivity index (χ0) is 23.3. The fourth-order valence-electron chi connectivity index (χ4n) is 2.63. The van der Waals surface area contributed by atoms with Crippen LogP contribution in [-0.4, -0.2) is 36.8 Å². The van der Waals surface area contributed by atoms with Crippen molar-refractivity contribution in [2.75, 3.05) is 11.3 Å². The van der Waals surface area contributed by atoms with Crippen LogP contribution in [-0.2, 0) is 14.8 Å². The van der Waals surface area contributed by atoms with Crippen molar-refractivity contribution in [3.05, 3.63) is 94.0 Å². The summed E-state index contributed by atoms with van der Waals surface area (Å²) >= 11 is 0. The molecule has 0 atom stereocenters. The molecule has 11 heteroatoms. The van der Waals surface area contributed by atoms with Crippen LogP contribution in [0.4, 0.5) is 11.4 Å². The van der Waals surface area contributed by atoms with Crippen LogP contribution in [0.2, 0.25) is 0 Å². The van der Waals surface area contributed by atoms with Crippen LogP contribution in [0.3, 0.4) is 0 Å². The Morgan fingerprint density at radius 1 is 0.969 bits per heavy atom. The largest absolute Gasteiger partial charge is 0.502 e. The number of phenols is 1. The number of nitrogens with zero attached hydrogens (tertiary/aromatic N) is 1. The number of nitro benzene ring substituents is 1. The summed E-state index contributed by atoms with van der Waals surface area (Å²) in [4.78, 5) is 33.7. The van der Waals surface area contributed by atoms with E-state index in [2.05, 4.69) is 4.72 Å².